The second-order valence-corrected chi connectivity index (χ2v) is 10.4. The van der Waals surface area contributed by atoms with Gasteiger partial charge >= 0.3 is 5.79 Å². The van der Waals surface area contributed by atoms with E-state index in [0.29, 0.717) is 11.1 Å². The molecule has 4 aromatic carbocycles. The minimum Gasteiger partial charge on any atom is -0.508 e. The zero-order valence-electron chi connectivity index (χ0n) is 21.1. The van der Waals surface area contributed by atoms with Crippen LogP contribution in [0.25, 0.3) is 0 Å². The molecule has 0 unspecified atom stereocenters. The molecule has 0 aromatic heterocycles. The summed E-state index contributed by atoms with van der Waals surface area (Å²) < 4.78 is 18.8. The summed E-state index contributed by atoms with van der Waals surface area (Å²) >= 11 is 0. The maximum atomic E-state index is 11.9. The van der Waals surface area contributed by atoms with Crippen molar-refractivity contribution in [2.75, 3.05) is 0 Å². The van der Waals surface area contributed by atoms with Crippen LogP contribution < -0.4 is 14.2 Å². The third-order valence-corrected chi connectivity index (χ3v) is 7.92. The van der Waals surface area contributed by atoms with Crippen LogP contribution in [0, 0.1) is 0 Å². The molecule has 8 N–H and O–H groups in total. The molecule has 0 radical (unpaired) electrons. The highest BCUT2D eigenvalue weighted by molar-refractivity contribution is 5.68. The molecule has 11 nitrogen and oxygen atoms in total. The van der Waals surface area contributed by atoms with Crippen LogP contribution in [0.2, 0.25) is 0 Å². The summed E-state index contributed by atoms with van der Waals surface area (Å²) in [6.45, 7) is 0. The first kappa shape index (κ1) is 25.0. The Hall–Kier alpha value is -5.00. The standard InChI is InChI=1S/C30H24O11/c31-14-4-2-13(3-5-14)30-29(38)26(24-20(36)8-15(32)9-22(24)40-30)25-23(41-30)11-18(34)16-10-21(37)27(39-28(16)25)12-1-6-17(33)19(35)7-12/h1-9,11,21,26-27,29,31-38H,10H2/t21-,26+,27+,29+,30-/m1/s1. The Kier molecular flexibility index (Phi) is 5.18. The Labute approximate surface area is 231 Å². The first-order valence-corrected chi connectivity index (χ1v) is 12.7. The Bertz CT molecular complexity index is 1720. The molecule has 0 fully saturated rings. The van der Waals surface area contributed by atoms with E-state index in [2.05, 4.69) is 0 Å². The van der Waals surface area contributed by atoms with Crippen LogP contribution in [0.15, 0.2) is 60.7 Å². The predicted molar refractivity (Wildman–Crippen MR) is 140 cm³/mol. The number of phenolic OH excluding ortho intramolecular Hbond substituents is 6. The van der Waals surface area contributed by atoms with E-state index in [-0.39, 0.29) is 69.1 Å². The molecule has 7 rings (SSSR count). The van der Waals surface area contributed by atoms with Crippen molar-refractivity contribution in [3.05, 3.63) is 88.5 Å². The summed E-state index contributed by atoms with van der Waals surface area (Å²) in [5.41, 5.74) is 1.26. The number of benzene rings is 4. The van der Waals surface area contributed by atoms with Gasteiger partial charge in [-0.05, 0) is 42.0 Å². The van der Waals surface area contributed by atoms with Crippen molar-refractivity contribution < 1.29 is 55.1 Å². The lowest BCUT2D eigenvalue weighted by molar-refractivity contribution is -0.219. The highest BCUT2D eigenvalue weighted by Crippen LogP contribution is 2.62. The maximum absolute atomic E-state index is 11.9. The summed E-state index contributed by atoms with van der Waals surface area (Å²) in [7, 11) is 0. The highest BCUT2D eigenvalue weighted by Gasteiger charge is 2.60. The number of rotatable bonds is 2. The van der Waals surface area contributed by atoms with Crippen molar-refractivity contribution in [2.45, 2.75) is 36.4 Å². The normalized spacial score (nSPS) is 25.5. The van der Waals surface area contributed by atoms with Gasteiger partial charge in [0.25, 0.3) is 0 Å². The molecule has 41 heavy (non-hydrogen) atoms. The van der Waals surface area contributed by atoms with Crippen LogP contribution in [-0.2, 0) is 12.2 Å². The fraction of sp³-hybridized carbons (Fsp3) is 0.200. The Balaban J connectivity index is 1.47. The van der Waals surface area contributed by atoms with Gasteiger partial charge in [-0.3, -0.25) is 0 Å². The molecule has 11 heteroatoms. The summed E-state index contributed by atoms with van der Waals surface area (Å²) in [6.07, 6.45) is -3.79. The fourth-order valence-corrected chi connectivity index (χ4v) is 6.04. The average Bonchev–Trinajstić information content (AvgIpc) is 2.91. The Morgan fingerprint density at radius 2 is 1.37 bits per heavy atom. The monoisotopic (exact) mass is 560 g/mol. The number of ether oxygens (including phenoxy) is 3. The lowest BCUT2D eigenvalue weighted by atomic mass is 9.74. The number of hydrogen-bond donors (Lipinski definition) is 8. The van der Waals surface area contributed by atoms with Gasteiger partial charge in [-0.1, -0.05) is 6.07 Å². The molecule has 0 spiro atoms. The van der Waals surface area contributed by atoms with Crippen LogP contribution in [0.1, 0.15) is 39.8 Å². The number of aliphatic hydroxyl groups excluding tert-OH is 2. The van der Waals surface area contributed by atoms with Crippen molar-refractivity contribution in [1.82, 2.24) is 0 Å². The van der Waals surface area contributed by atoms with Crippen LogP contribution in [0.3, 0.4) is 0 Å². The van der Waals surface area contributed by atoms with E-state index in [0.717, 1.165) is 6.07 Å². The summed E-state index contributed by atoms with van der Waals surface area (Å²) in [5.74, 6) is -4.54. The molecule has 0 aliphatic carbocycles. The van der Waals surface area contributed by atoms with E-state index >= 15 is 0 Å². The van der Waals surface area contributed by atoms with Crippen molar-refractivity contribution in [2.24, 2.45) is 0 Å². The fourth-order valence-electron chi connectivity index (χ4n) is 6.04. The van der Waals surface area contributed by atoms with Crippen molar-refractivity contribution in [3.8, 4) is 51.7 Å². The molecule has 210 valence electrons. The quantitative estimate of drug-likeness (QED) is 0.168. The zero-order chi connectivity index (χ0) is 28.8. The molecule has 3 aliphatic rings. The Morgan fingerprint density at radius 1 is 0.659 bits per heavy atom. The molecule has 4 aromatic rings. The topological polar surface area (TPSA) is 190 Å². The highest BCUT2D eigenvalue weighted by atomic mass is 16.7. The summed E-state index contributed by atoms with van der Waals surface area (Å²) in [4.78, 5) is 0. The van der Waals surface area contributed by atoms with Crippen LogP contribution in [0.5, 0.6) is 51.7 Å². The second-order valence-electron chi connectivity index (χ2n) is 10.4. The molecule has 3 aliphatic heterocycles. The number of aliphatic hydroxyl groups is 2. The van der Waals surface area contributed by atoms with E-state index in [1.165, 1.54) is 54.6 Å². The number of aromatic hydroxyl groups is 6. The van der Waals surface area contributed by atoms with Crippen molar-refractivity contribution in [3.63, 3.8) is 0 Å². The average molecular weight is 561 g/mol. The Morgan fingerprint density at radius 3 is 2.07 bits per heavy atom. The number of hydrogen-bond acceptors (Lipinski definition) is 11. The van der Waals surface area contributed by atoms with Crippen LogP contribution in [-0.4, -0.2) is 53.1 Å². The van der Waals surface area contributed by atoms with Gasteiger partial charge in [0.15, 0.2) is 11.5 Å². The van der Waals surface area contributed by atoms with E-state index in [1.807, 2.05) is 0 Å². The van der Waals surface area contributed by atoms with Crippen LogP contribution >= 0.6 is 0 Å². The van der Waals surface area contributed by atoms with Gasteiger partial charge in [-0.2, -0.15) is 0 Å². The van der Waals surface area contributed by atoms with Gasteiger partial charge in [0, 0.05) is 46.9 Å². The first-order chi connectivity index (χ1) is 19.6. The lowest BCUT2D eigenvalue weighted by Crippen LogP contribution is -2.57. The van der Waals surface area contributed by atoms with Crippen molar-refractivity contribution >= 4 is 0 Å². The SMILES string of the molecule is Oc1ccc([C@@]23Oc4cc(O)cc(O)c4[C@@H](c4c(cc(O)c5c4O[C@@H](c4ccc(O)c(O)c4)[C@H](O)C5)O2)[C@@H]3O)cc1. The molecule has 2 bridgehead atoms. The smallest absolute Gasteiger partial charge is 0.305 e. The maximum Gasteiger partial charge on any atom is 0.305 e. The third-order valence-electron chi connectivity index (χ3n) is 7.92. The molecule has 0 saturated carbocycles. The molecule has 3 heterocycles. The summed E-state index contributed by atoms with van der Waals surface area (Å²) in [5, 5.41) is 84.8. The van der Waals surface area contributed by atoms with Crippen molar-refractivity contribution in [1.29, 1.82) is 0 Å². The van der Waals surface area contributed by atoms with Gasteiger partial charge in [0.05, 0.1) is 12.0 Å². The first-order valence-electron chi connectivity index (χ1n) is 12.7. The third kappa shape index (κ3) is 3.52. The zero-order valence-corrected chi connectivity index (χ0v) is 21.1. The van der Waals surface area contributed by atoms with E-state index in [9.17, 15) is 40.9 Å². The minimum absolute atomic E-state index is 0.0224. The van der Waals surface area contributed by atoms with E-state index in [1.54, 1.807) is 0 Å². The molecule has 0 amide bonds. The number of fused-ring (bicyclic) bond motifs is 8. The van der Waals surface area contributed by atoms with Crippen LogP contribution in [0.4, 0.5) is 0 Å². The second kappa shape index (κ2) is 8.50. The van der Waals surface area contributed by atoms with Gasteiger partial charge in [0.1, 0.15) is 52.5 Å². The van der Waals surface area contributed by atoms with Gasteiger partial charge in [0.2, 0.25) is 0 Å². The molecule has 0 saturated heterocycles. The van der Waals surface area contributed by atoms with Gasteiger partial charge in [-0.25, -0.2) is 0 Å². The lowest BCUT2D eigenvalue weighted by Gasteiger charge is -2.50. The van der Waals surface area contributed by atoms with Gasteiger partial charge in [-0.15, -0.1) is 0 Å². The van der Waals surface area contributed by atoms with Gasteiger partial charge < -0.3 is 55.1 Å². The number of phenols is 6. The minimum atomic E-state index is -1.92. The van der Waals surface area contributed by atoms with E-state index < -0.39 is 35.8 Å². The summed E-state index contributed by atoms with van der Waals surface area (Å²) in [6, 6.07) is 13.4. The largest absolute Gasteiger partial charge is 0.508 e. The predicted octanol–water partition coefficient (Wildman–Crippen LogP) is 3.09. The van der Waals surface area contributed by atoms with E-state index in [4.69, 9.17) is 14.2 Å². The molecular weight excluding hydrogens is 536 g/mol. The molecule has 5 atom stereocenters. The molecular formula is C30H24O11.